The van der Waals surface area contributed by atoms with Crippen LogP contribution in [0.1, 0.15) is 13.3 Å². The summed E-state index contributed by atoms with van der Waals surface area (Å²) >= 11 is 0. The zero-order chi connectivity index (χ0) is 7.14. The molecular formula is C7H13NO2. The molecule has 3 nitrogen and oxygen atoms in total. The monoisotopic (exact) mass is 143 g/mol. The minimum atomic E-state index is 0.204. The lowest BCUT2D eigenvalue weighted by atomic mass is 10.1. The molecule has 0 aromatic carbocycles. The summed E-state index contributed by atoms with van der Waals surface area (Å²) in [5.41, 5.74) is 5.78. The molecule has 3 heteroatoms. The van der Waals surface area contributed by atoms with E-state index in [1.54, 1.807) is 0 Å². The van der Waals surface area contributed by atoms with E-state index in [-0.39, 0.29) is 6.04 Å². The number of nitrogens with two attached hydrogens (primary N) is 1. The Kier molecular flexibility index (Phi) is 1.44. The third-order valence-corrected chi connectivity index (χ3v) is 2.18. The van der Waals surface area contributed by atoms with Gasteiger partial charge in [-0.25, -0.2) is 0 Å². The molecule has 2 saturated heterocycles. The van der Waals surface area contributed by atoms with E-state index >= 15 is 0 Å². The van der Waals surface area contributed by atoms with Gasteiger partial charge in [-0.05, 0) is 13.3 Å². The van der Waals surface area contributed by atoms with E-state index in [2.05, 4.69) is 6.92 Å². The number of hydrogen-bond acceptors (Lipinski definition) is 3. The lowest BCUT2D eigenvalue weighted by Crippen LogP contribution is -2.28. The maximum Gasteiger partial charge on any atom is 0.0961 e. The Morgan fingerprint density at radius 3 is 2.70 bits per heavy atom. The van der Waals surface area contributed by atoms with E-state index in [1.165, 1.54) is 0 Å². The van der Waals surface area contributed by atoms with Crippen LogP contribution in [0.2, 0.25) is 0 Å². The van der Waals surface area contributed by atoms with Gasteiger partial charge in [0.1, 0.15) is 0 Å². The predicted octanol–water partition coefficient (Wildman–Crippen LogP) is -0.110. The minimum absolute atomic E-state index is 0.204. The molecule has 0 spiro atoms. The molecule has 0 aromatic rings. The smallest absolute Gasteiger partial charge is 0.0961 e. The SMILES string of the molecule is CC1OC1CC(N)C1CO1. The van der Waals surface area contributed by atoms with Crippen LogP contribution in [-0.2, 0) is 9.47 Å². The highest BCUT2D eigenvalue weighted by Gasteiger charge is 2.40. The molecule has 0 amide bonds. The van der Waals surface area contributed by atoms with Crippen molar-refractivity contribution in [2.75, 3.05) is 6.61 Å². The second-order valence-electron chi connectivity index (χ2n) is 3.15. The fraction of sp³-hybridized carbons (Fsp3) is 1.00. The molecule has 0 radical (unpaired) electrons. The van der Waals surface area contributed by atoms with Gasteiger partial charge in [-0.1, -0.05) is 0 Å². The van der Waals surface area contributed by atoms with E-state index in [0.29, 0.717) is 18.3 Å². The van der Waals surface area contributed by atoms with Gasteiger partial charge in [-0.15, -0.1) is 0 Å². The van der Waals surface area contributed by atoms with Crippen LogP contribution in [0.3, 0.4) is 0 Å². The first-order chi connectivity index (χ1) is 4.77. The molecular weight excluding hydrogens is 130 g/mol. The summed E-state index contributed by atoms with van der Waals surface area (Å²) in [6.45, 7) is 2.92. The van der Waals surface area contributed by atoms with Crippen molar-refractivity contribution in [3.63, 3.8) is 0 Å². The van der Waals surface area contributed by atoms with Crippen molar-refractivity contribution in [2.45, 2.75) is 37.7 Å². The second kappa shape index (κ2) is 2.19. The van der Waals surface area contributed by atoms with Gasteiger partial charge >= 0.3 is 0 Å². The molecule has 2 N–H and O–H groups in total. The van der Waals surface area contributed by atoms with Gasteiger partial charge in [-0.3, -0.25) is 0 Å². The predicted molar refractivity (Wildman–Crippen MR) is 36.7 cm³/mol. The van der Waals surface area contributed by atoms with Gasteiger partial charge in [-0.2, -0.15) is 0 Å². The van der Waals surface area contributed by atoms with Crippen LogP contribution in [0.5, 0.6) is 0 Å². The lowest BCUT2D eigenvalue weighted by molar-refractivity contribution is 0.324. The van der Waals surface area contributed by atoms with Gasteiger partial charge in [0.25, 0.3) is 0 Å². The third kappa shape index (κ3) is 1.31. The normalized spacial score (nSPS) is 46.8. The molecule has 58 valence electrons. The Morgan fingerprint density at radius 2 is 2.30 bits per heavy atom. The van der Waals surface area contributed by atoms with Gasteiger partial charge in [0.2, 0.25) is 0 Å². The summed E-state index contributed by atoms with van der Waals surface area (Å²) in [6, 6.07) is 0.204. The molecule has 0 saturated carbocycles. The van der Waals surface area contributed by atoms with Crippen molar-refractivity contribution in [1.29, 1.82) is 0 Å². The van der Waals surface area contributed by atoms with Gasteiger partial charge in [0.15, 0.2) is 0 Å². The first kappa shape index (κ1) is 6.58. The molecule has 2 heterocycles. The van der Waals surface area contributed by atoms with E-state index < -0.39 is 0 Å². The molecule has 2 aliphatic rings. The van der Waals surface area contributed by atoms with Crippen molar-refractivity contribution in [3.05, 3.63) is 0 Å². The lowest BCUT2D eigenvalue weighted by Gasteiger charge is -2.03. The van der Waals surface area contributed by atoms with Crippen LogP contribution >= 0.6 is 0 Å². The van der Waals surface area contributed by atoms with Crippen molar-refractivity contribution in [2.24, 2.45) is 5.73 Å². The first-order valence-electron chi connectivity index (χ1n) is 3.80. The Morgan fingerprint density at radius 1 is 1.70 bits per heavy atom. The summed E-state index contributed by atoms with van der Waals surface area (Å²) < 4.78 is 10.3. The molecule has 10 heavy (non-hydrogen) atoms. The molecule has 2 fully saturated rings. The molecule has 0 aliphatic carbocycles. The fourth-order valence-corrected chi connectivity index (χ4v) is 1.20. The first-order valence-corrected chi connectivity index (χ1v) is 3.80. The van der Waals surface area contributed by atoms with Gasteiger partial charge in [0, 0.05) is 6.04 Å². The number of hydrogen-bond donors (Lipinski definition) is 1. The van der Waals surface area contributed by atoms with E-state index in [1.807, 2.05) is 0 Å². The molecule has 4 atom stereocenters. The highest BCUT2D eigenvalue weighted by Crippen LogP contribution is 2.28. The summed E-state index contributed by atoms with van der Waals surface area (Å²) in [7, 11) is 0. The standard InChI is InChI=1S/C7H13NO2/c1-4-6(10-4)2-5(8)7-3-9-7/h4-7H,2-3,8H2,1H3. The van der Waals surface area contributed by atoms with Crippen molar-refractivity contribution < 1.29 is 9.47 Å². The van der Waals surface area contributed by atoms with Crippen LogP contribution in [0.25, 0.3) is 0 Å². The summed E-state index contributed by atoms with van der Waals surface area (Å²) in [6.07, 6.45) is 2.15. The van der Waals surface area contributed by atoms with E-state index in [0.717, 1.165) is 13.0 Å². The van der Waals surface area contributed by atoms with Crippen LogP contribution in [0.15, 0.2) is 0 Å². The zero-order valence-corrected chi connectivity index (χ0v) is 6.12. The quantitative estimate of drug-likeness (QED) is 0.561. The average molecular weight is 143 g/mol. The van der Waals surface area contributed by atoms with Crippen molar-refractivity contribution >= 4 is 0 Å². The topological polar surface area (TPSA) is 51.1 Å². The average Bonchev–Trinajstić information content (AvgIpc) is 2.66. The summed E-state index contributed by atoms with van der Waals surface area (Å²) in [5.74, 6) is 0. The second-order valence-corrected chi connectivity index (χ2v) is 3.15. The minimum Gasteiger partial charge on any atom is -0.371 e. The van der Waals surface area contributed by atoms with Crippen LogP contribution in [0, 0.1) is 0 Å². The highest BCUT2D eigenvalue weighted by atomic mass is 16.6. The van der Waals surface area contributed by atoms with Crippen molar-refractivity contribution in [1.82, 2.24) is 0 Å². The van der Waals surface area contributed by atoms with E-state index in [9.17, 15) is 0 Å². The van der Waals surface area contributed by atoms with Crippen LogP contribution < -0.4 is 5.73 Å². The Balaban J connectivity index is 1.69. The Labute approximate surface area is 60.5 Å². The Hall–Kier alpha value is -0.120. The highest BCUT2D eigenvalue weighted by molar-refractivity contribution is 4.90. The molecule has 0 aromatic heterocycles. The fourth-order valence-electron chi connectivity index (χ4n) is 1.20. The maximum atomic E-state index is 5.78. The zero-order valence-electron chi connectivity index (χ0n) is 6.12. The summed E-state index contributed by atoms with van der Waals surface area (Å²) in [4.78, 5) is 0. The largest absolute Gasteiger partial charge is 0.371 e. The Bertz CT molecular complexity index is 136. The number of ether oxygens (including phenoxy) is 2. The van der Waals surface area contributed by atoms with Gasteiger partial charge < -0.3 is 15.2 Å². The molecule has 2 aliphatic heterocycles. The van der Waals surface area contributed by atoms with Crippen molar-refractivity contribution in [3.8, 4) is 0 Å². The maximum absolute atomic E-state index is 5.78. The third-order valence-electron chi connectivity index (χ3n) is 2.18. The van der Waals surface area contributed by atoms with Crippen LogP contribution in [0.4, 0.5) is 0 Å². The molecule has 0 bridgehead atoms. The van der Waals surface area contributed by atoms with Gasteiger partial charge in [0.05, 0.1) is 24.9 Å². The number of epoxide rings is 2. The molecule has 4 unspecified atom stereocenters. The number of rotatable bonds is 3. The summed E-state index contributed by atoms with van der Waals surface area (Å²) in [5, 5.41) is 0. The van der Waals surface area contributed by atoms with Crippen LogP contribution in [-0.4, -0.2) is 31.0 Å². The van der Waals surface area contributed by atoms with E-state index in [4.69, 9.17) is 15.2 Å². The molecule has 2 rings (SSSR count).